The van der Waals surface area contributed by atoms with Crippen LogP contribution in [0.3, 0.4) is 0 Å². The first-order valence-corrected chi connectivity index (χ1v) is 8.22. The first-order valence-electron chi connectivity index (χ1n) is 8.22. The highest BCUT2D eigenvalue weighted by molar-refractivity contribution is 6.04. The summed E-state index contributed by atoms with van der Waals surface area (Å²) >= 11 is 0. The number of anilines is 1. The van der Waals surface area contributed by atoms with Crippen molar-refractivity contribution in [1.82, 2.24) is 0 Å². The number of methoxy groups -OCH3 is 1. The molecule has 4 nitrogen and oxygen atoms in total. The van der Waals surface area contributed by atoms with Gasteiger partial charge in [0.25, 0.3) is 5.91 Å². The number of hydrogen-bond donors (Lipinski definition) is 1. The number of carbonyl (C=O) groups is 1. The summed E-state index contributed by atoms with van der Waals surface area (Å²) in [7, 11) is 1.61. The molecule has 128 valence electrons. The summed E-state index contributed by atoms with van der Waals surface area (Å²) in [6, 6.07) is 13.3. The zero-order valence-corrected chi connectivity index (χ0v) is 14.8. The summed E-state index contributed by atoms with van der Waals surface area (Å²) in [6.45, 7) is 6.46. The Labute approximate surface area is 143 Å². The van der Waals surface area contributed by atoms with Gasteiger partial charge in [0.2, 0.25) is 0 Å². The molecule has 1 N–H and O–H groups in total. The van der Waals surface area contributed by atoms with Crippen LogP contribution in [-0.4, -0.2) is 19.1 Å². The Morgan fingerprint density at radius 1 is 1.12 bits per heavy atom. The van der Waals surface area contributed by atoms with Crippen LogP contribution in [0.15, 0.2) is 42.5 Å². The van der Waals surface area contributed by atoms with Gasteiger partial charge in [-0.15, -0.1) is 0 Å². The van der Waals surface area contributed by atoms with Gasteiger partial charge in [-0.2, -0.15) is 0 Å². The number of hydrogen-bond acceptors (Lipinski definition) is 3. The van der Waals surface area contributed by atoms with Gasteiger partial charge in [-0.3, -0.25) is 4.79 Å². The van der Waals surface area contributed by atoms with Gasteiger partial charge in [0, 0.05) is 16.8 Å². The molecule has 2 aromatic rings. The molecule has 4 heteroatoms. The van der Waals surface area contributed by atoms with Crippen molar-refractivity contribution in [1.29, 1.82) is 0 Å². The van der Waals surface area contributed by atoms with Gasteiger partial charge < -0.3 is 14.8 Å². The highest BCUT2D eigenvalue weighted by Gasteiger charge is 2.11. The van der Waals surface area contributed by atoms with E-state index < -0.39 is 0 Å². The molecule has 0 aliphatic rings. The zero-order valence-electron chi connectivity index (χ0n) is 14.8. The molecule has 0 aliphatic heterocycles. The average Bonchev–Trinajstić information content (AvgIpc) is 2.60. The van der Waals surface area contributed by atoms with Crippen molar-refractivity contribution in [3.05, 3.63) is 59.2 Å². The smallest absolute Gasteiger partial charge is 0.255 e. The van der Waals surface area contributed by atoms with E-state index in [0.29, 0.717) is 12.2 Å². The monoisotopic (exact) mass is 327 g/mol. The van der Waals surface area contributed by atoms with Gasteiger partial charge in [-0.25, -0.2) is 0 Å². The molecule has 1 amide bonds. The lowest BCUT2D eigenvalue weighted by molar-refractivity contribution is 0.0644. The Balaban J connectivity index is 2.14. The minimum Gasteiger partial charge on any atom is -0.496 e. The van der Waals surface area contributed by atoms with Gasteiger partial charge in [0.1, 0.15) is 5.75 Å². The first-order chi connectivity index (χ1) is 11.5. The molecular weight excluding hydrogens is 302 g/mol. The maximum atomic E-state index is 12.5. The third-order valence-electron chi connectivity index (χ3n) is 3.73. The van der Waals surface area contributed by atoms with Crippen molar-refractivity contribution in [3.63, 3.8) is 0 Å². The van der Waals surface area contributed by atoms with Crippen LogP contribution in [0.1, 0.15) is 42.3 Å². The number of amides is 1. The Bertz CT molecular complexity index is 678. The Morgan fingerprint density at radius 3 is 2.42 bits per heavy atom. The van der Waals surface area contributed by atoms with Crippen LogP contribution >= 0.6 is 0 Å². The van der Waals surface area contributed by atoms with Crippen molar-refractivity contribution >= 4 is 11.6 Å². The fourth-order valence-electron chi connectivity index (χ4n) is 2.32. The van der Waals surface area contributed by atoms with Crippen molar-refractivity contribution in [3.8, 4) is 5.75 Å². The second kappa shape index (κ2) is 8.50. The summed E-state index contributed by atoms with van der Waals surface area (Å²) in [5.41, 5.74) is 3.47. The Hall–Kier alpha value is -2.33. The first kappa shape index (κ1) is 18.0. The van der Waals surface area contributed by atoms with E-state index in [0.717, 1.165) is 23.4 Å². The van der Waals surface area contributed by atoms with Gasteiger partial charge in [0.05, 0.1) is 19.8 Å². The average molecular weight is 327 g/mol. The molecule has 24 heavy (non-hydrogen) atoms. The summed E-state index contributed by atoms with van der Waals surface area (Å²) in [6.07, 6.45) is 1.09. The molecular formula is C20H25NO3. The van der Waals surface area contributed by atoms with E-state index in [1.807, 2.05) is 44.2 Å². The third-order valence-corrected chi connectivity index (χ3v) is 3.73. The molecule has 0 saturated carbocycles. The fourth-order valence-corrected chi connectivity index (χ4v) is 2.32. The summed E-state index contributed by atoms with van der Waals surface area (Å²) < 4.78 is 11.0. The van der Waals surface area contributed by atoms with Crippen molar-refractivity contribution in [2.45, 2.75) is 39.9 Å². The SMILES string of the molecule is CCc1ccc(NC(=O)c2ccc(OC)c(COC(C)C)c2)cc1. The quantitative estimate of drug-likeness (QED) is 0.818. The second-order valence-corrected chi connectivity index (χ2v) is 5.89. The maximum Gasteiger partial charge on any atom is 0.255 e. The third kappa shape index (κ3) is 4.83. The van der Waals surface area contributed by atoms with E-state index in [4.69, 9.17) is 9.47 Å². The van der Waals surface area contributed by atoms with E-state index in [2.05, 4.69) is 12.2 Å². The summed E-state index contributed by atoms with van der Waals surface area (Å²) in [5.74, 6) is 0.576. The standard InChI is InChI=1S/C20H25NO3/c1-5-15-6-9-18(10-7-15)21-20(22)16-8-11-19(23-4)17(12-16)13-24-14(2)3/h6-12,14H,5,13H2,1-4H3,(H,21,22). The molecule has 0 fully saturated rings. The predicted molar refractivity (Wildman–Crippen MR) is 96.7 cm³/mol. The highest BCUT2D eigenvalue weighted by Crippen LogP contribution is 2.22. The van der Waals surface area contributed by atoms with E-state index in [1.54, 1.807) is 19.2 Å². The van der Waals surface area contributed by atoms with Crippen LogP contribution in [0.2, 0.25) is 0 Å². The molecule has 2 aromatic carbocycles. The lowest BCUT2D eigenvalue weighted by Gasteiger charge is -2.13. The minimum absolute atomic E-state index is 0.115. The molecule has 0 heterocycles. The number of nitrogens with one attached hydrogen (secondary N) is 1. The lowest BCUT2D eigenvalue weighted by Crippen LogP contribution is -2.13. The predicted octanol–water partition coefficient (Wildman–Crippen LogP) is 4.43. The van der Waals surface area contributed by atoms with Crippen molar-refractivity contribution in [2.24, 2.45) is 0 Å². The molecule has 0 atom stereocenters. The molecule has 0 aliphatic carbocycles. The number of benzene rings is 2. The van der Waals surface area contributed by atoms with Gasteiger partial charge in [0.15, 0.2) is 0 Å². The molecule has 0 bridgehead atoms. The fraction of sp³-hybridized carbons (Fsp3) is 0.350. The van der Waals surface area contributed by atoms with Crippen LogP contribution in [0.25, 0.3) is 0 Å². The highest BCUT2D eigenvalue weighted by atomic mass is 16.5. The molecule has 0 unspecified atom stereocenters. The van der Waals surface area contributed by atoms with Gasteiger partial charge in [-0.05, 0) is 56.2 Å². The Morgan fingerprint density at radius 2 is 1.83 bits per heavy atom. The van der Waals surface area contributed by atoms with E-state index in [9.17, 15) is 4.79 Å². The lowest BCUT2D eigenvalue weighted by atomic mass is 10.1. The summed E-state index contributed by atoms with van der Waals surface area (Å²) in [4.78, 5) is 12.5. The normalized spacial score (nSPS) is 10.7. The number of aryl methyl sites for hydroxylation is 1. The number of carbonyl (C=O) groups excluding carboxylic acids is 1. The van der Waals surface area contributed by atoms with Crippen molar-refractivity contribution in [2.75, 3.05) is 12.4 Å². The van der Waals surface area contributed by atoms with E-state index >= 15 is 0 Å². The molecule has 2 rings (SSSR count). The summed E-state index contributed by atoms with van der Waals surface area (Å²) in [5, 5.41) is 2.92. The number of ether oxygens (including phenoxy) is 2. The van der Waals surface area contributed by atoms with Crippen LogP contribution in [-0.2, 0) is 17.8 Å². The van der Waals surface area contributed by atoms with Gasteiger partial charge in [-0.1, -0.05) is 19.1 Å². The molecule has 0 radical (unpaired) electrons. The van der Waals surface area contributed by atoms with Gasteiger partial charge >= 0.3 is 0 Å². The van der Waals surface area contributed by atoms with Crippen LogP contribution < -0.4 is 10.1 Å². The molecule has 0 saturated heterocycles. The molecule has 0 spiro atoms. The second-order valence-electron chi connectivity index (χ2n) is 5.89. The number of rotatable bonds is 7. The Kier molecular flexibility index (Phi) is 6.38. The minimum atomic E-state index is -0.146. The molecule has 0 aromatic heterocycles. The van der Waals surface area contributed by atoms with E-state index in [-0.39, 0.29) is 12.0 Å². The van der Waals surface area contributed by atoms with E-state index in [1.165, 1.54) is 5.56 Å². The van der Waals surface area contributed by atoms with Crippen LogP contribution in [0.4, 0.5) is 5.69 Å². The van der Waals surface area contributed by atoms with Crippen LogP contribution in [0.5, 0.6) is 5.75 Å². The maximum absolute atomic E-state index is 12.5. The topological polar surface area (TPSA) is 47.6 Å². The largest absolute Gasteiger partial charge is 0.496 e. The zero-order chi connectivity index (χ0) is 17.5. The van der Waals surface area contributed by atoms with Crippen LogP contribution in [0, 0.1) is 0 Å². The van der Waals surface area contributed by atoms with Crippen molar-refractivity contribution < 1.29 is 14.3 Å².